The molecule has 1 rings (SSSR count). The molecule has 0 aromatic carbocycles. The monoisotopic (exact) mass is 206 g/mol. The number of rotatable bonds is 5. The largest absolute Gasteiger partial charge is 0.329 e. The molecular weight excluding hydrogens is 188 g/mol. The molecule has 0 radical (unpaired) electrons. The summed E-state index contributed by atoms with van der Waals surface area (Å²) in [6, 6.07) is 2.05. The van der Waals surface area contributed by atoms with Crippen molar-refractivity contribution in [1.82, 2.24) is 4.90 Å². The van der Waals surface area contributed by atoms with Crippen molar-refractivity contribution in [2.75, 3.05) is 13.1 Å². The normalized spacial score (nSPS) is 18.8. The fraction of sp³-hybridized carbons (Fsp3) is 0.667. The van der Waals surface area contributed by atoms with Gasteiger partial charge in [-0.25, -0.2) is 0 Å². The van der Waals surface area contributed by atoms with Crippen molar-refractivity contribution < 1.29 is 4.79 Å². The fourth-order valence-corrected chi connectivity index (χ4v) is 1.87. The van der Waals surface area contributed by atoms with Crippen LogP contribution in [0.1, 0.15) is 32.6 Å². The predicted octanol–water partition coefficient (Wildman–Crippen LogP) is 2.10. The van der Waals surface area contributed by atoms with E-state index in [1.165, 1.54) is 0 Å². The first-order valence-electron chi connectivity index (χ1n) is 5.59. The Morgan fingerprint density at radius 2 is 2.47 bits per heavy atom. The second kappa shape index (κ2) is 6.23. The number of amides is 1. The van der Waals surface area contributed by atoms with Crippen LogP contribution in [0.15, 0.2) is 12.2 Å². The topological polar surface area (TPSA) is 44.1 Å². The first-order valence-corrected chi connectivity index (χ1v) is 5.59. The van der Waals surface area contributed by atoms with Gasteiger partial charge in [0.15, 0.2) is 0 Å². The van der Waals surface area contributed by atoms with Crippen molar-refractivity contribution in [3.8, 4) is 6.07 Å². The van der Waals surface area contributed by atoms with E-state index in [2.05, 4.69) is 12.2 Å². The summed E-state index contributed by atoms with van der Waals surface area (Å²) in [6.45, 7) is 2.94. The van der Waals surface area contributed by atoms with Crippen LogP contribution in [0.25, 0.3) is 0 Å². The molecule has 3 heteroatoms. The van der Waals surface area contributed by atoms with Crippen molar-refractivity contribution in [1.29, 1.82) is 5.26 Å². The van der Waals surface area contributed by atoms with Crippen molar-refractivity contribution in [2.24, 2.45) is 5.92 Å². The lowest BCUT2D eigenvalue weighted by Crippen LogP contribution is -2.33. The molecule has 0 heterocycles. The van der Waals surface area contributed by atoms with E-state index < -0.39 is 0 Å². The maximum Gasteiger partial charge on any atom is 0.224 e. The molecule has 1 amide bonds. The predicted molar refractivity (Wildman–Crippen MR) is 59.0 cm³/mol. The zero-order chi connectivity index (χ0) is 11.1. The van der Waals surface area contributed by atoms with Crippen LogP contribution < -0.4 is 0 Å². The van der Waals surface area contributed by atoms with Gasteiger partial charge in [0.2, 0.25) is 5.91 Å². The van der Waals surface area contributed by atoms with E-state index in [-0.39, 0.29) is 12.5 Å². The van der Waals surface area contributed by atoms with Gasteiger partial charge in [0, 0.05) is 13.0 Å². The highest BCUT2D eigenvalue weighted by atomic mass is 16.2. The average Bonchev–Trinajstić information content (AvgIpc) is 2.70. The highest BCUT2D eigenvalue weighted by molar-refractivity contribution is 5.77. The van der Waals surface area contributed by atoms with Gasteiger partial charge >= 0.3 is 0 Å². The van der Waals surface area contributed by atoms with Gasteiger partial charge in [-0.2, -0.15) is 5.26 Å². The molecule has 0 aromatic rings. The molecule has 15 heavy (non-hydrogen) atoms. The second-order valence-corrected chi connectivity index (χ2v) is 3.94. The molecule has 1 atom stereocenters. The lowest BCUT2D eigenvalue weighted by atomic mass is 10.0. The molecule has 0 fully saturated rings. The maximum atomic E-state index is 11.8. The maximum absolute atomic E-state index is 11.8. The molecular formula is C12H18N2O. The zero-order valence-corrected chi connectivity index (χ0v) is 9.28. The van der Waals surface area contributed by atoms with E-state index in [9.17, 15) is 4.79 Å². The quantitative estimate of drug-likeness (QED) is 0.510. The highest BCUT2D eigenvalue weighted by Crippen LogP contribution is 2.21. The minimum Gasteiger partial charge on any atom is -0.329 e. The summed E-state index contributed by atoms with van der Waals surface area (Å²) in [5, 5.41) is 8.62. The van der Waals surface area contributed by atoms with Crippen molar-refractivity contribution in [3.05, 3.63) is 12.2 Å². The van der Waals surface area contributed by atoms with Gasteiger partial charge in [0.25, 0.3) is 0 Å². The third-order valence-electron chi connectivity index (χ3n) is 2.66. The van der Waals surface area contributed by atoms with Gasteiger partial charge in [0.05, 0.1) is 6.07 Å². The fourth-order valence-electron chi connectivity index (χ4n) is 1.87. The standard InChI is InChI=1S/C12H18N2O/c1-2-8-14(9-7-13)12(15)10-11-5-3-4-6-11/h3,5,11H,2,4,6,8-10H2,1H3. The molecule has 0 aromatic heterocycles. The molecule has 1 unspecified atom stereocenters. The van der Waals surface area contributed by atoms with E-state index >= 15 is 0 Å². The van der Waals surface area contributed by atoms with Crippen LogP contribution in [0, 0.1) is 17.2 Å². The summed E-state index contributed by atoms with van der Waals surface area (Å²) in [7, 11) is 0. The van der Waals surface area contributed by atoms with Crippen LogP contribution in [0.3, 0.4) is 0 Å². The number of carbonyl (C=O) groups is 1. The van der Waals surface area contributed by atoms with Gasteiger partial charge in [-0.05, 0) is 25.2 Å². The first-order chi connectivity index (χ1) is 7.27. The van der Waals surface area contributed by atoms with Crippen LogP contribution in [0.4, 0.5) is 0 Å². The Bertz CT molecular complexity index is 278. The number of hydrogen-bond donors (Lipinski definition) is 0. The van der Waals surface area contributed by atoms with E-state index in [4.69, 9.17) is 5.26 Å². The van der Waals surface area contributed by atoms with Crippen LogP contribution in [-0.2, 0) is 4.79 Å². The number of hydrogen-bond acceptors (Lipinski definition) is 2. The lowest BCUT2D eigenvalue weighted by molar-refractivity contribution is -0.131. The van der Waals surface area contributed by atoms with Crippen LogP contribution >= 0.6 is 0 Å². The van der Waals surface area contributed by atoms with E-state index in [1.807, 2.05) is 13.0 Å². The first kappa shape index (κ1) is 11.8. The highest BCUT2D eigenvalue weighted by Gasteiger charge is 2.18. The third-order valence-corrected chi connectivity index (χ3v) is 2.66. The molecule has 0 spiro atoms. The Morgan fingerprint density at radius 3 is 3.00 bits per heavy atom. The molecule has 1 aliphatic carbocycles. The Labute approximate surface area is 91.4 Å². The lowest BCUT2D eigenvalue weighted by Gasteiger charge is -2.20. The smallest absolute Gasteiger partial charge is 0.224 e. The molecule has 0 aliphatic heterocycles. The minimum absolute atomic E-state index is 0.120. The Hall–Kier alpha value is -1.30. The van der Waals surface area contributed by atoms with Gasteiger partial charge in [-0.15, -0.1) is 0 Å². The number of allylic oxidation sites excluding steroid dienone is 2. The Kier molecular flexibility index (Phi) is 4.89. The van der Waals surface area contributed by atoms with E-state index in [1.54, 1.807) is 4.90 Å². The minimum atomic E-state index is 0.120. The van der Waals surface area contributed by atoms with Gasteiger partial charge in [-0.3, -0.25) is 4.79 Å². The summed E-state index contributed by atoms with van der Waals surface area (Å²) in [6.07, 6.45) is 7.90. The second-order valence-electron chi connectivity index (χ2n) is 3.94. The van der Waals surface area contributed by atoms with Gasteiger partial charge in [-0.1, -0.05) is 19.1 Å². The molecule has 82 valence electrons. The molecule has 1 aliphatic rings. The molecule has 0 saturated heterocycles. The van der Waals surface area contributed by atoms with Crippen LogP contribution in [0.5, 0.6) is 0 Å². The average molecular weight is 206 g/mol. The molecule has 0 N–H and O–H groups in total. The van der Waals surface area contributed by atoms with Gasteiger partial charge in [0.1, 0.15) is 6.54 Å². The summed E-state index contributed by atoms with van der Waals surface area (Å²) >= 11 is 0. The zero-order valence-electron chi connectivity index (χ0n) is 9.28. The Balaban J connectivity index is 2.41. The molecule has 3 nitrogen and oxygen atoms in total. The van der Waals surface area contributed by atoms with E-state index in [0.29, 0.717) is 18.9 Å². The molecule has 0 saturated carbocycles. The summed E-state index contributed by atoms with van der Waals surface area (Å²) in [5.41, 5.74) is 0. The van der Waals surface area contributed by atoms with Crippen LogP contribution in [0.2, 0.25) is 0 Å². The van der Waals surface area contributed by atoms with Crippen molar-refractivity contribution in [2.45, 2.75) is 32.6 Å². The number of carbonyl (C=O) groups excluding carboxylic acids is 1. The number of nitriles is 1. The van der Waals surface area contributed by atoms with Crippen molar-refractivity contribution in [3.63, 3.8) is 0 Å². The Morgan fingerprint density at radius 1 is 1.67 bits per heavy atom. The molecule has 0 bridgehead atoms. The summed E-state index contributed by atoms with van der Waals surface area (Å²) in [5.74, 6) is 0.519. The van der Waals surface area contributed by atoms with Gasteiger partial charge < -0.3 is 4.90 Å². The summed E-state index contributed by atoms with van der Waals surface area (Å²) < 4.78 is 0. The SMILES string of the molecule is CCCN(CC#N)C(=O)CC1C=CCC1. The third kappa shape index (κ3) is 3.75. The summed E-state index contributed by atoms with van der Waals surface area (Å²) in [4.78, 5) is 13.5. The van der Waals surface area contributed by atoms with Crippen molar-refractivity contribution >= 4 is 5.91 Å². The van der Waals surface area contributed by atoms with Crippen LogP contribution in [-0.4, -0.2) is 23.9 Å². The van der Waals surface area contributed by atoms with E-state index in [0.717, 1.165) is 19.3 Å². The number of nitrogens with zero attached hydrogens (tertiary/aromatic N) is 2.